The zero-order valence-corrected chi connectivity index (χ0v) is 10.0. The molecule has 0 spiro atoms. The minimum Gasteiger partial charge on any atom is -0.363 e. The van der Waals surface area contributed by atoms with Crippen LogP contribution in [0.15, 0.2) is 12.3 Å². The topological polar surface area (TPSA) is 48.7 Å². The van der Waals surface area contributed by atoms with Crippen LogP contribution >= 0.6 is 11.6 Å². The van der Waals surface area contributed by atoms with Crippen molar-refractivity contribution < 1.29 is 0 Å². The Kier molecular flexibility index (Phi) is 3.02. The third kappa shape index (κ3) is 1.85. The molecule has 1 fully saturated rings. The van der Waals surface area contributed by atoms with E-state index in [9.17, 15) is 0 Å². The lowest BCUT2D eigenvalue weighted by Crippen LogP contribution is -2.44. The molecule has 1 aliphatic rings. The Hall–Kier alpha value is -1.27. The van der Waals surface area contributed by atoms with E-state index >= 15 is 0 Å². The van der Waals surface area contributed by atoms with Gasteiger partial charge in [0.15, 0.2) is 0 Å². The monoisotopic (exact) mass is 235 g/mol. The number of hydrogen-bond donors (Lipinski definition) is 1. The summed E-state index contributed by atoms with van der Waals surface area (Å²) in [6.45, 7) is 2.16. The van der Waals surface area contributed by atoms with Crippen molar-refractivity contribution in [3.05, 3.63) is 22.8 Å². The van der Waals surface area contributed by atoms with Crippen molar-refractivity contribution in [3.8, 4) is 6.07 Å². The molecule has 2 rings (SSSR count). The highest BCUT2D eigenvalue weighted by Gasteiger charge is 2.35. The van der Waals surface area contributed by atoms with Crippen molar-refractivity contribution in [1.82, 2.24) is 4.98 Å². The number of nitrogens with one attached hydrogen (secondary N) is 1. The maximum absolute atomic E-state index is 8.88. The Balaban J connectivity index is 2.25. The van der Waals surface area contributed by atoms with Crippen molar-refractivity contribution in [1.29, 1.82) is 5.26 Å². The average Bonchev–Trinajstić information content (AvgIpc) is 2.25. The fourth-order valence-corrected chi connectivity index (χ4v) is 2.24. The summed E-state index contributed by atoms with van der Waals surface area (Å²) >= 11 is 6.11. The molecule has 1 N–H and O–H groups in total. The van der Waals surface area contributed by atoms with E-state index in [4.69, 9.17) is 16.9 Å². The van der Waals surface area contributed by atoms with Crippen molar-refractivity contribution >= 4 is 17.4 Å². The van der Waals surface area contributed by atoms with E-state index < -0.39 is 0 Å². The Morgan fingerprint density at radius 3 is 2.88 bits per heavy atom. The van der Waals surface area contributed by atoms with Gasteiger partial charge in [-0.15, -0.1) is 0 Å². The molecule has 0 unspecified atom stereocenters. The van der Waals surface area contributed by atoms with Gasteiger partial charge in [-0.1, -0.05) is 18.5 Å². The number of aromatic nitrogens is 1. The van der Waals surface area contributed by atoms with Gasteiger partial charge in [0.25, 0.3) is 0 Å². The molecule has 1 aromatic heterocycles. The van der Waals surface area contributed by atoms with Crippen LogP contribution in [0.25, 0.3) is 0 Å². The van der Waals surface area contributed by atoms with Crippen molar-refractivity contribution in [2.45, 2.75) is 38.1 Å². The molecule has 0 aromatic carbocycles. The van der Waals surface area contributed by atoms with E-state index in [1.165, 1.54) is 6.42 Å². The van der Waals surface area contributed by atoms with E-state index in [1.54, 1.807) is 12.3 Å². The lowest BCUT2D eigenvalue weighted by Gasteiger charge is -2.42. The molecule has 1 saturated carbocycles. The summed E-state index contributed by atoms with van der Waals surface area (Å²) in [6, 6.07) is 3.70. The van der Waals surface area contributed by atoms with Crippen LogP contribution in [0.3, 0.4) is 0 Å². The van der Waals surface area contributed by atoms with Gasteiger partial charge in [0.05, 0.1) is 5.56 Å². The number of rotatable bonds is 3. The van der Waals surface area contributed by atoms with E-state index in [1.807, 2.05) is 0 Å². The largest absolute Gasteiger partial charge is 0.363 e. The van der Waals surface area contributed by atoms with Crippen molar-refractivity contribution in [3.63, 3.8) is 0 Å². The lowest BCUT2D eigenvalue weighted by atomic mass is 9.75. The molecular formula is C12H14ClN3. The number of nitrogens with zero attached hydrogens (tertiary/aromatic N) is 2. The van der Waals surface area contributed by atoms with Gasteiger partial charge in [-0.05, 0) is 31.7 Å². The van der Waals surface area contributed by atoms with Crippen LogP contribution in [-0.4, -0.2) is 10.5 Å². The van der Waals surface area contributed by atoms with Crippen LogP contribution in [0.2, 0.25) is 5.02 Å². The number of nitriles is 1. The van der Waals surface area contributed by atoms with Gasteiger partial charge < -0.3 is 5.32 Å². The molecule has 4 heteroatoms. The summed E-state index contributed by atoms with van der Waals surface area (Å²) in [4.78, 5) is 4.21. The van der Waals surface area contributed by atoms with Crippen molar-refractivity contribution in [2.75, 3.05) is 5.32 Å². The highest BCUT2D eigenvalue weighted by molar-refractivity contribution is 6.34. The molecule has 0 atom stereocenters. The molecule has 16 heavy (non-hydrogen) atoms. The number of anilines is 1. The predicted molar refractivity (Wildman–Crippen MR) is 64.5 cm³/mol. The summed E-state index contributed by atoms with van der Waals surface area (Å²) in [7, 11) is 0. The lowest BCUT2D eigenvalue weighted by molar-refractivity contribution is 0.269. The van der Waals surface area contributed by atoms with Gasteiger partial charge in [0.1, 0.15) is 16.9 Å². The molecule has 3 nitrogen and oxygen atoms in total. The third-order valence-electron chi connectivity index (χ3n) is 3.38. The number of halogens is 1. The average molecular weight is 236 g/mol. The second-order valence-electron chi connectivity index (χ2n) is 4.25. The first kappa shape index (κ1) is 11.2. The van der Waals surface area contributed by atoms with Crippen LogP contribution in [0.4, 0.5) is 5.82 Å². The van der Waals surface area contributed by atoms with Gasteiger partial charge in [-0.2, -0.15) is 5.26 Å². The maximum Gasteiger partial charge on any atom is 0.146 e. The molecule has 84 valence electrons. The quantitative estimate of drug-likeness (QED) is 0.874. The first-order valence-corrected chi connectivity index (χ1v) is 5.91. The first-order chi connectivity index (χ1) is 7.71. The van der Waals surface area contributed by atoms with E-state index in [2.05, 4.69) is 23.3 Å². The highest BCUT2D eigenvalue weighted by atomic mass is 35.5. The second kappa shape index (κ2) is 4.31. The SMILES string of the molecule is CCC1(Nc2nccc(C#N)c2Cl)CCC1. The molecule has 1 aliphatic carbocycles. The zero-order valence-electron chi connectivity index (χ0n) is 9.26. The minimum absolute atomic E-state index is 0.144. The first-order valence-electron chi connectivity index (χ1n) is 5.53. The van der Waals surface area contributed by atoms with Crippen LogP contribution in [0.5, 0.6) is 0 Å². The Bertz CT molecular complexity index is 427. The maximum atomic E-state index is 8.88. The fraction of sp³-hybridized carbons (Fsp3) is 0.500. The highest BCUT2D eigenvalue weighted by Crippen LogP contribution is 2.39. The van der Waals surface area contributed by atoms with E-state index in [0.717, 1.165) is 19.3 Å². The molecule has 0 amide bonds. The Morgan fingerprint density at radius 2 is 2.38 bits per heavy atom. The van der Waals surface area contributed by atoms with Crippen LogP contribution in [0.1, 0.15) is 38.2 Å². The number of pyridine rings is 1. The molecule has 0 saturated heterocycles. The van der Waals surface area contributed by atoms with Gasteiger partial charge in [-0.3, -0.25) is 0 Å². The predicted octanol–water partition coefficient (Wildman–Crippen LogP) is 3.35. The summed E-state index contributed by atoms with van der Waals surface area (Å²) in [6.07, 6.45) is 6.23. The molecule has 1 aromatic rings. The minimum atomic E-state index is 0.144. The summed E-state index contributed by atoms with van der Waals surface area (Å²) in [5, 5.41) is 12.7. The summed E-state index contributed by atoms with van der Waals surface area (Å²) in [5.74, 6) is 0.641. The van der Waals surface area contributed by atoms with Gasteiger partial charge in [0, 0.05) is 11.7 Å². The van der Waals surface area contributed by atoms with Crippen LogP contribution in [0, 0.1) is 11.3 Å². The van der Waals surface area contributed by atoms with E-state index in [0.29, 0.717) is 16.4 Å². The number of hydrogen-bond acceptors (Lipinski definition) is 3. The summed E-state index contributed by atoms with van der Waals surface area (Å²) in [5.41, 5.74) is 0.620. The normalized spacial score (nSPS) is 17.3. The van der Waals surface area contributed by atoms with Gasteiger partial charge in [-0.25, -0.2) is 4.98 Å². The second-order valence-corrected chi connectivity index (χ2v) is 4.62. The summed E-state index contributed by atoms with van der Waals surface area (Å²) < 4.78 is 0. The molecule has 0 aliphatic heterocycles. The van der Waals surface area contributed by atoms with E-state index in [-0.39, 0.29) is 5.54 Å². The Labute approximate surface area is 100 Å². The molecule has 0 bridgehead atoms. The van der Waals surface area contributed by atoms with Gasteiger partial charge in [0.2, 0.25) is 0 Å². The fourth-order valence-electron chi connectivity index (χ4n) is 2.04. The van der Waals surface area contributed by atoms with Crippen LogP contribution in [-0.2, 0) is 0 Å². The zero-order chi connectivity index (χ0) is 11.6. The Morgan fingerprint density at radius 1 is 1.62 bits per heavy atom. The molecule has 1 heterocycles. The standard InChI is InChI=1S/C12H14ClN3/c1-2-12(5-3-6-12)16-11-10(13)9(8-14)4-7-15-11/h4,7H,2-3,5-6H2,1H3,(H,15,16). The molecule has 0 radical (unpaired) electrons. The smallest absolute Gasteiger partial charge is 0.146 e. The third-order valence-corrected chi connectivity index (χ3v) is 3.76. The van der Waals surface area contributed by atoms with Crippen molar-refractivity contribution in [2.24, 2.45) is 0 Å². The van der Waals surface area contributed by atoms with Crippen LogP contribution < -0.4 is 5.32 Å². The molecular weight excluding hydrogens is 222 g/mol. The van der Waals surface area contributed by atoms with Gasteiger partial charge >= 0.3 is 0 Å².